The van der Waals surface area contributed by atoms with Crippen molar-refractivity contribution >= 4 is 40.2 Å². The number of pyridine rings is 1. The van der Waals surface area contributed by atoms with Gasteiger partial charge in [0.15, 0.2) is 0 Å². The highest BCUT2D eigenvalue weighted by Gasteiger charge is 2.25. The molecule has 1 aliphatic heterocycles. The number of esters is 1. The molecule has 2 aromatic carbocycles. The molecule has 5 rings (SSSR count). The van der Waals surface area contributed by atoms with Gasteiger partial charge in [-0.25, -0.2) is 9.18 Å². The molecule has 4 aromatic rings. The van der Waals surface area contributed by atoms with Gasteiger partial charge in [0.2, 0.25) is 0 Å². The van der Waals surface area contributed by atoms with Crippen LogP contribution in [0.1, 0.15) is 26.3 Å². The predicted molar refractivity (Wildman–Crippen MR) is 133 cm³/mol. The average molecular weight is 509 g/mol. The lowest BCUT2D eigenvalue weighted by Crippen LogP contribution is -2.36. The normalized spacial score (nSPS) is 13.7. The first-order valence-corrected chi connectivity index (χ1v) is 11.7. The maximum Gasteiger partial charge on any atom is 0.337 e. The zero-order chi connectivity index (χ0) is 25.4. The fraction of sp³-hybridized carbons (Fsp3) is 0.231. The molecule has 2 aromatic heterocycles. The lowest BCUT2D eigenvalue weighted by Gasteiger charge is -2.29. The Morgan fingerprint density at radius 3 is 2.61 bits per heavy atom. The van der Waals surface area contributed by atoms with Crippen molar-refractivity contribution in [1.29, 1.82) is 0 Å². The van der Waals surface area contributed by atoms with Crippen LogP contribution < -0.4 is 4.90 Å². The molecule has 10 heteroatoms. The quantitative estimate of drug-likeness (QED) is 0.375. The van der Waals surface area contributed by atoms with Gasteiger partial charge in [-0.15, -0.1) is 0 Å². The molecule has 0 amide bonds. The number of ether oxygens (including phenoxy) is 2. The lowest BCUT2D eigenvalue weighted by molar-refractivity contribution is 0.0600. The third-order valence-corrected chi connectivity index (χ3v) is 6.44. The van der Waals surface area contributed by atoms with E-state index >= 15 is 4.39 Å². The third-order valence-electron chi connectivity index (χ3n) is 6.14. The Hall–Kier alpha value is -3.82. The average Bonchev–Trinajstić information content (AvgIpc) is 3.27. The summed E-state index contributed by atoms with van der Waals surface area (Å²) in [7, 11) is 1.22. The standard InChI is InChI=1S/C26H22ClFN4O4/c1-15-12-17(31-8-10-36-11-9-31)14-19(27)22(15)25(33)32-21-4-3-7-29-24(21)23(30-32)18-6-5-16(13-20(18)28)26(34)35-2/h3-7,12-14H,8-11H2,1-2H3. The van der Waals surface area contributed by atoms with Gasteiger partial charge in [0.25, 0.3) is 5.91 Å². The van der Waals surface area contributed by atoms with Crippen LogP contribution in [0.4, 0.5) is 10.1 Å². The monoisotopic (exact) mass is 508 g/mol. The van der Waals surface area contributed by atoms with Crippen molar-refractivity contribution in [3.63, 3.8) is 0 Å². The van der Waals surface area contributed by atoms with Gasteiger partial charge < -0.3 is 14.4 Å². The second kappa shape index (κ2) is 9.67. The minimum absolute atomic E-state index is 0.0642. The van der Waals surface area contributed by atoms with E-state index < -0.39 is 17.7 Å². The van der Waals surface area contributed by atoms with Crippen LogP contribution in [0, 0.1) is 12.7 Å². The van der Waals surface area contributed by atoms with E-state index in [4.69, 9.17) is 16.3 Å². The van der Waals surface area contributed by atoms with E-state index in [0.29, 0.717) is 40.4 Å². The van der Waals surface area contributed by atoms with Crippen molar-refractivity contribution in [2.75, 3.05) is 38.3 Å². The number of benzene rings is 2. The van der Waals surface area contributed by atoms with Crippen LogP contribution in [0.25, 0.3) is 22.3 Å². The van der Waals surface area contributed by atoms with Crippen molar-refractivity contribution in [2.45, 2.75) is 6.92 Å². The topological polar surface area (TPSA) is 86.5 Å². The van der Waals surface area contributed by atoms with E-state index in [1.54, 1.807) is 24.4 Å². The van der Waals surface area contributed by atoms with Crippen molar-refractivity contribution in [2.24, 2.45) is 0 Å². The largest absolute Gasteiger partial charge is 0.465 e. The summed E-state index contributed by atoms with van der Waals surface area (Å²) in [5.74, 6) is -1.80. The molecule has 8 nitrogen and oxygen atoms in total. The molecule has 1 aliphatic rings. The minimum Gasteiger partial charge on any atom is -0.465 e. The summed E-state index contributed by atoms with van der Waals surface area (Å²) < 4.78 is 26.3. The van der Waals surface area contributed by atoms with Crippen LogP contribution in [0.5, 0.6) is 0 Å². The smallest absolute Gasteiger partial charge is 0.337 e. The van der Waals surface area contributed by atoms with Crippen LogP contribution in [0.2, 0.25) is 5.02 Å². The molecule has 184 valence electrons. The first-order valence-electron chi connectivity index (χ1n) is 11.3. The Morgan fingerprint density at radius 2 is 1.92 bits per heavy atom. The Labute approximate surface area is 211 Å². The molecule has 0 radical (unpaired) electrons. The maximum absolute atomic E-state index is 15.0. The van der Waals surface area contributed by atoms with Gasteiger partial charge in [-0.3, -0.25) is 9.78 Å². The van der Waals surface area contributed by atoms with Crippen molar-refractivity contribution in [3.05, 3.63) is 76.2 Å². The minimum atomic E-state index is -0.688. The summed E-state index contributed by atoms with van der Waals surface area (Å²) >= 11 is 6.62. The number of carbonyl (C=O) groups is 2. The molecule has 1 saturated heterocycles. The zero-order valence-electron chi connectivity index (χ0n) is 19.6. The lowest BCUT2D eigenvalue weighted by atomic mass is 10.1. The molecule has 0 spiro atoms. The van der Waals surface area contributed by atoms with Gasteiger partial charge in [-0.05, 0) is 55.0 Å². The molecule has 0 N–H and O–H groups in total. The molecular weight excluding hydrogens is 487 g/mol. The van der Waals surface area contributed by atoms with Crippen LogP contribution >= 0.6 is 11.6 Å². The van der Waals surface area contributed by atoms with E-state index in [-0.39, 0.29) is 16.8 Å². The molecule has 0 aliphatic carbocycles. The summed E-state index contributed by atoms with van der Waals surface area (Å²) in [6.07, 6.45) is 1.54. The van der Waals surface area contributed by atoms with Gasteiger partial charge in [-0.2, -0.15) is 9.78 Å². The first-order chi connectivity index (χ1) is 17.4. The number of hydrogen-bond donors (Lipinski definition) is 0. The number of fused-ring (bicyclic) bond motifs is 1. The van der Waals surface area contributed by atoms with Crippen molar-refractivity contribution < 1.29 is 23.5 Å². The van der Waals surface area contributed by atoms with Gasteiger partial charge in [-0.1, -0.05) is 11.6 Å². The number of halogens is 2. The number of methoxy groups -OCH3 is 1. The SMILES string of the molecule is COC(=O)c1ccc(-c2nn(C(=O)c3c(C)cc(N4CCOCC4)cc3Cl)c3cccnc23)c(F)c1. The van der Waals surface area contributed by atoms with E-state index in [2.05, 4.69) is 19.7 Å². The molecular formula is C26H22ClFN4O4. The molecule has 36 heavy (non-hydrogen) atoms. The molecule has 0 atom stereocenters. The van der Waals surface area contributed by atoms with E-state index in [1.807, 2.05) is 13.0 Å². The van der Waals surface area contributed by atoms with Gasteiger partial charge in [0.05, 0.1) is 42.0 Å². The molecule has 1 fully saturated rings. The fourth-order valence-electron chi connectivity index (χ4n) is 4.35. The molecule has 0 saturated carbocycles. The van der Waals surface area contributed by atoms with E-state index in [1.165, 1.54) is 23.9 Å². The maximum atomic E-state index is 15.0. The molecule has 0 unspecified atom stereocenters. The van der Waals surface area contributed by atoms with Crippen LogP contribution in [-0.2, 0) is 9.47 Å². The van der Waals surface area contributed by atoms with Crippen LogP contribution in [-0.4, -0.2) is 60.1 Å². The summed E-state index contributed by atoms with van der Waals surface area (Å²) in [4.78, 5) is 32.0. The number of rotatable bonds is 4. The Balaban J connectivity index is 1.58. The Kier molecular flexibility index (Phi) is 6.42. The summed E-state index contributed by atoms with van der Waals surface area (Å²) in [5.41, 5.74) is 2.99. The Morgan fingerprint density at radius 1 is 1.14 bits per heavy atom. The number of aromatic nitrogens is 3. The number of nitrogens with zero attached hydrogens (tertiary/aromatic N) is 4. The number of morpholine rings is 1. The predicted octanol–water partition coefficient (Wildman–Crippen LogP) is 4.51. The number of hydrogen-bond acceptors (Lipinski definition) is 7. The van der Waals surface area contributed by atoms with Gasteiger partial charge in [0.1, 0.15) is 17.0 Å². The summed E-state index contributed by atoms with van der Waals surface area (Å²) in [6.45, 7) is 4.55. The highest BCUT2D eigenvalue weighted by molar-refractivity contribution is 6.34. The Bertz CT molecular complexity index is 1470. The number of anilines is 1. The third kappa shape index (κ3) is 4.20. The highest BCUT2D eigenvalue weighted by atomic mass is 35.5. The second-order valence-electron chi connectivity index (χ2n) is 8.34. The van der Waals surface area contributed by atoms with Crippen LogP contribution in [0.3, 0.4) is 0 Å². The van der Waals surface area contributed by atoms with Crippen molar-refractivity contribution in [1.82, 2.24) is 14.8 Å². The zero-order valence-corrected chi connectivity index (χ0v) is 20.4. The van der Waals surface area contributed by atoms with Gasteiger partial charge >= 0.3 is 5.97 Å². The first kappa shape index (κ1) is 23.9. The van der Waals surface area contributed by atoms with Gasteiger partial charge in [0, 0.05) is 30.5 Å². The fourth-order valence-corrected chi connectivity index (χ4v) is 4.69. The molecule has 3 heterocycles. The van der Waals surface area contributed by atoms with E-state index in [9.17, 15) is 9.59 Å². The number of carbonyl (C=O) groups excluding carboxylic acids is 2. The molecule has 0 bridgehead atoms. The second-order valence-corrected chi connectivity index (χ2v) is 8.75. The van der Waals surface area contributed by atoms with Crippen LogP contribution in [0.15, 0.2) is 48.7 Å². The van der Waals surface area contributed by atoms with Crippen molar-refractivity contribution in [3.8, 4) is 11.3 Å². The highest BCUT2D eigenvalue weighted by Crippen LogP contribution is 2.32. The van der Waals surface area contributed by atoms with E-state index in [0.717, 1.165) is 24.8 Å². The number of aryl methyl sites for hydroxylation is 1. The summed E-state index contributed by atoms with van der Waals surface area (Å²) in [6, 6.07) is 11.0. The summed E-state index contributed by atoms with van der Waals surface area (Å²) in [5, 5.41) is 4.74.